The number of rotatable bonds is 3. The van der Waals surface area contributed by atoms with Crippen LogP contribution in [0.5, 0.6) is 0 Å². The molecule has 78 valence electrons. The zero-order chi connectivity index (χ0) is 10.6. The Labute approximate surface area is 85.7 Å². The summed E-state index contributed by atoms with van der Waals surface area (Å²) in [5, 5.41) is 9.13. The molecule has 0 aromatic rings. The Morgan fingerprint density at radius 2 is 1.86 bits per heavy atom. The van der Waals surface area contributed by atoms with E-state index in [9.17, 15) is 4.79 Å². The van der Waals surface area contributed by atoms with Crippen LogP contribution in [-0.2, 0) is 4.79 Å². The number of carbonyl (C=O) groups is 1. The van der Waals surface area contributed by atoms with Crippen molar-refractivity contribution in [2.75, 3.05) is 13.1 Å². The maximum Gasteiger partial charge on any atom is 0.243 e. The second-order valence-electron chi connectivity index (χ2n) is 3.88. The van der Waals surface area contributed by atoms with Gasteiger partial charge in [0.25, 0.3) is 0 Å². The van der Waals surface area contributed by atoms with Gasteiger partial charge in [-0.05, 0) is 26.7 Å². The minimum atomic E-state index is -0.688. The summed E-state index contributed by atoms with van der Waals surface area (Å²) in [7, 11) is 0. The van der Waals surface area contributed by atoms with Crippen molar-refractivity contribution in [3.05, 3.63) is 0 Å². The van der Waals surface area contributed by atoms with Gasteiger partial charge in [-0.3, -0.25) is 4.79 Å². The molecule has 1 fully saturated rings. The van der Waals surface area contributed by atoms with E-state index >= 15 is 0 Å². The van der Waals surface area contributed by atoms with Gasteiger partial charge >= 0.3 is 0 Å². The van der Waals surface area contributed by atoms with Gasteiger partial charge in [0.2, 0.25) is 5.91 Å². The lowest BCUT2D eigenvalue weighted by Crippen LogP contribution is -2.41. The Bertz CT molecular complexity index is 245. The zero-order valence-corrected chi connectivity index (χ0v) is 9.05. The molecule has 3 nitrogen and oxygen atoms in total. The summed E-state index contributed by atoms with van der Waals surface area (Å²) < 4.78 is 0. The first-order valence-corrected chi connectivity index (χ1v) is 5.41. The third kappa shape index (κ3) is 1.75. The third-order valence-electron chi connectivity index (χ3n) is 3.13. The summed E-state index contributed by atoms with van der Waals surface area (Å²) in [6, 6.07) is 2.24. The molecular weight excluding hydrogens is 176 g/mol. The molecule has 1 aliphatic carbocycles. The average molecular weight is 194 g/mol. The normalized spacial score (nSPS) is 18.9. The van der Waals surface area contributed by atoms with Crippen LogP contribution in [0, 0.1) is 16.7 Å². The van der Waals surface area contributed by atoms with E-state index in [1.165, 1.54) is 0 Å². The fourth-order valence-corrected chi connectivity index (χ4v) is 2.17. The van der Waals surface area contributed by atoms with E-state index in [-0.39, 0.29) is 5.91 Å². The van der Waals surface area contributed by atoms with Gasteiger partial charge in [-0.15, -0.1) is 0 Å². The van der Waals surface area contributed by atoms with Gasteiger partial charge in [-0.25, -0.2) is 0 Å². The number of nitriles is 1. The van der Waals surface area contributed by atoms with Crippen molar-refractivity contribution in [3.63, 3.8) is 0 Å². The molecule has 1 aliphatic rings. The SMILES string of the molecule is CCN(CC)C(=O)C1(C#N)CCCC1. The molecule has 1 saturated carbocycles. The van der Waals surface area contributed by atoms with E-state index in [2.05, 4.69) is 6.07 Å². The molecule has 0 aromatic carbocycles. The van der Waals surface area contributed by atoms with Crippen LogP contribution in [0.15, 0.2) is 0 Å². The lowest BCUT2D eigenvalue weighted by molar-refractivity contribution is -0.138. The minimum Gasteiger partial charge on any atom is -0.342 e. The predicted molar refractivity (Wildman–Crippen MR) is 54.4 cm³/mol. The molecule has 0 aromatic heterocycles. The summed E-state index contributed by atoms with van der Waals surface area (Å²) in [6.07, 6.45) is 3.53. The Morgan fingerprint density at radius 3 is 2.21 bits per heavy atom. The zero-order valence-electron chi connectivity index (χ0n) is 9.05. The van der Waals surface area contributed by atoms with Gasteiger partial charge < -0.3 is 4.90 Å². The van der Waals surface area contributed by atoms with Crippen molar-refractivity contribution < 1.29 is 4.79 Å². The Hall–Kier alpha value is -1.04. The fraction of sp³-hybridized carbons (Fsp3) is 0.818. The van der Waals surface area contributed by atoms with Crippen molar-refractivity contribution in [1.29, 1.82) is 5.26 Å². The maximum absolute atomic E-state index is 12.1. The number of hydrogen-bond acceptors (Lipinski definition) is 2. The lowest BCUT2D eigenvalue weighted by atomic mass is 9.86. The molecule has 0 radical (unpaired) electrons. The molecule has 14 heavy (non-hydrogen) atoms. The van der Waals surface area contributed by atoms with Crippen LogP contribution in [0.1, 0.15) is 39.5 Å². The highest BCUT2D eigenvalue weighted by molar-refractivity contribution is 5.85. The summed E-state index contributed by atoms with van der Waals surface area (Å²) >= 11 is 0. The van der Waals surface area contributed by atoms with Gasteiger partial charge in [0.1, 0.15) is 5.41 Å². The van der Waals surface area contributed by atoms with E-state index in [0.717, 1.165) is 25.7 Å². The van der Waals surface area contributed by atoms with E-state index in [1.807, 2.05) is 13.8 Å². The molecule has 0 heterocycles. The fourth-order valence-electron chi connectivity index (χ4n) is 2.17. The highest BCUT2D eigenvalue weighted by Crippen LogP contribution is 2.38. The van der Waals surface area contributed by atoms with Crippen LogP contribution in [-0.4, -0.2) is 23.9 Å². The van der Waals surface area contributed by atoms with Gasteiger partial charge in [0.05, 0.1) is 6.07 Å². The van der Waals surface area contributed by atoms with Crippen LogP contribution in [0.25, 0.3) is 0 Å². The first-order chi connectivity index (χ1) is 6.70. The second kappa shape index (κ2) is 4.45. The first-order valence-electron chi connectivity index (χ1n) is 5.41. The van der Waals surface area contributed by atoms with Gasteiger partial charge in [-0.1, -0.05) is 12.8 Å². The number of amides is 1. The molecule has 0 atom stereocenters. The van der Waals surface area contributed by atoms with Crippen molar-refractivity contribution in [2.45, 2.75) is 39.5 Å². The van der Waals surface area contributed by atoms with Crippen LogP contribution in [0.4, 0.5) is 0 Å². The molecule has 0 unspecified atom stereocenters. The summed E-state index contributed by atoms with van der Waals surface area (Å²) in [4.78, 5) is 13.8. The summed E-state index contributed by atoms with van der Waals surface area (Å²) in [5.74, 6) is 0.0440. The minimum absolute atomic E-state index is 0.0440. The van der Waals surface area contributed by atoms with E-state index < -0.39 is 5.41 Å². The number of nitrogens with zero attached hydrogens (tertiary/aromatic N) is 2. The van der Waals surface area contributed by atoms with E-state index in [4.69, 9.17) is 5.26 Å². The van der Waals surface area contributed by atoms with E-state index in [1.54, 1.807) is 4.90 Å². The predicted octanol–water partition coefficient (Wildman–Crippen LogP) is 1.94. The smallest absolute Gasteiger partial charge is 0.243 e. The molecule has 0 bridgehead atoms. The van der Waals surface area contributed by atoms with Crippen molar-refractivity contribution in [2.24, 2.45) is 5.41 Å². The monoisotopic (exact) mass is 194 g/mol. The molecule has 0 N–H and O–H groups in total. The van der Waals surface area contributed by atoms with Crippen LogP contribution < -0.4 is 0 Å². The molecule has 0 aliphatic heterocycles. The van der Waals surface area contributed by atoms with E-state index in [0.29, 0.717) is 13.1 Å². The molecule has 1 rings (SSSR count). The molecule has 1 amide bonds. The number of hydrogen-bond donors (Lipinski definition) is 0. The number of carbonyl (C=O) groups excluding carboxylic acids is 1. The quantitative estimate of drug-likeness (QED) is 0.689. The maximum atomic E-state index is 12.1. The van der Waals surface area contributed by atoms with Crippen molar-refractivity contribution in [3.8, 4) is 6.07 Å². The standard InChI is InChI=1S/C11H18N2O/c1-3-13(4-2)10(14)11(9-12)7-5-6-8-11/h3-8H2,1-2H3. The van der Waals surface area contributed by atoms with Gasteiger partial charge in [0.15, 0.2) is 0 Å². The molecule has 0 saturated heterocycles. The Balaban J connectivity index is 2.80. The highest BCUT2D eigenvalue weighted by Gasteiger charge is 2.43. The second-order valence-corrected chi connectivity index (χ2v) is 3.88. The molecular formula is C11H18N2O. The average Bonchev–Trinajstić information content (AvgIpc) is 2.69. The van der Waals surface area contributed by atoms with Crippen molar-refractivity contribution >= 4 is 5.91 Å². The Kier molecular flexibility index (Phi) is 3.51. The largest absolute Gasteiger partial charge is 0.342 e. The molecule has 3 heteroatoms. The van der Waals surface area contributed by atoms with Gasteiger partial charge in [-0.2, -0.15) is 5.26 Å². The van der Waals surface area contributed by atoms with Crippen molar-refractivity contribution in [1.82, 2.24) is 4.90 Å². The lowest BCUT2D eigenvalue weighted by Gasteiger charge is -2.27. The Morgan fingerprint density at radius 1 is 1.36 bits per heavy atom. The summed E-state index contributed by atoms with van der Waals surface area (Å²) in [5.41, 5.74) is -0.688. The summed E-state index contributed by atoms with van der Waals surface area (Å²) in [6.45, 7) is 5.33. The van der Waals surface area contributed by atoms with Crippen LogP contribution in [0.2, 0.25) is 0 Å². The topological polar surface area (TPSA) is 44.1 Å². The van der Waals surface area contributed by atoms with Crippen LogP contribution in [0.3, 0.4) is 0 Å². The van der Waals surface area contributed by atoms with Gasteiger partial charge in [0, 0.05) is 13.1 Å². The first kappa shape index (κ1) is 11.0. The van der Waals surface area contributed by atoms with Crippen LogP contribution >= 0.6 is 0 Å². The third-order valence-corrected chi connectivity index (χ3v) is 3.13. The molecule has 0 spiro atoms. The highest BCUT2D eigenvalue weighted by atomic mass is 16.2.